The maximum absolute atomic E-state index is 12.8. The van der Waals surface area contributed by atoms with Gasteiger partial charge in [-0.3, -0.25) is 9.59 Å². The van der Waals surface area contributed by atoms with E-state index in [9.17, 15) is 9.59 Å². The predicted molar refractivity (Wildman–Crippen MR) is 123 cm³/mol. The van der Waals surface area contributed by atoms with Gasteiger partial charge in [-0.1, -0.05) is 11.6 Å². The summed E-state index contributed by atoms with van der Waals surface area (Å²) in [5.41, 5.74) is 2.95. The molecule has 4 rings (SSSR count). The minimum Gasteiger partial charge on any atom is -0.378 e. The lowest BCUT2D eigenvalue weighted by molar-refractivity contribution is -0.114. The molecule has 2 fully saturated rings. The summed E-state index contributed by atoms with van der Waals surface area (Å²) in [6, 6.07) is 12.9. The zero-order valence-corrected chi connectivity index (χ0v) is 18.2. The Labute approximate surface area is 187 Å². The Morgan fingerprint density at radius 1 is 0.968 bits per heavy atom. The van der Waals surface area contributed by atoms with Gasteiger partial charge in [0.2, 0.25) is 5.91 Å². The third-order valence-electron chi connectivity index (χ3n) is 5.57. The number of ether oxygens (including phenoxy) is 1. The second-order valence-electron chi connectivity index (χ2n) is 7.74. The molecule has 2 aromatic carbocycles. The first-order valence-corrected chi connectivity index (χ1v) is 11.0. The zero-order valence-electron chi connectivity index (χ0n) is 17.4. The molecule has 7 nitrogen and oxygen atoms in total. The van der Waals surface area contributed by atoms with Gasteiger partial charge < -0.3 is 25.2 Å². The van der Waals surface area contributed by atoms with Crippen LogP contribution in [0.4, 0.5) is 17.1 Å². The lowest BCUT2D eigenvalue weighted by Gasteiger charge is -2.28. The van der Waals surface area contributed by atoms with Crippen molar-refractivity contribution in [1.29, 1.82) is 0 Å². The molecule has 0 bridgehead atoms. The molecule has 2 heterocycles. The fourth-order valence-corrected chi connectivity index (χ4v) is 4.07. The van der Waals surface area contributed by atoms with E-state index in [2.05, 4.69) is 15.5 Å². The van der Waals surface area contributed by atoms with Crippen LogP contribution < -0.4 is 15.5 Å². The molecule has 8 heteroatoms. The second-order valence-corrected chi connectivity index (χ2v) is 8.17. The Morgan fingerprint density at radius 3 is 2.39 bits per heavy atom. The van der Waals surface area contributed by atoms with Crippen molar-refractivity contribution in [2.45, 2.75) is 12.8 Å². The number of hydrogen-bond donors (Lipinski definition) is 2. The van der Waals surface area contributed by atoms with Gasteiger partial charge in [0.25, 0.3) is 5.91 Å². The number of nitrogens with zero attached hydrogens (tertiary/aromatic N) is 2. The molecule has 2 amide bonds. The van der Waals surface area contributed by atoms with Crippen molar-refractivity contribution in [2.75, 3.05) is 61.5 Å². The van der Waals surface area contributed by atoms with Crippen LogP contribution in [0.25, 0.3) is 0 Å². The van der Waals surface area contributed by atoms with Crippen LogP contribution in [0.3, 0.4) is 0 Å². The van der Waals surface area contributed by atoms with Gasteiger partial charge in [0.05, 0.1) is 25.3 Å². The van der Waals surface area contributed by atoms with Crippen LogP contribution in [0.15, 0.2) is 42.5 Å². The lowest BCUT2D eigenvalue weighted by Crippen LogP contribution is -2.36. The lowest BCUT2D eigenvalue weighted by atomic mass is 10.1. The Hall–Kier alpha value is -2.77. The maximum Gasteiger partial charge on any atom is 0.256 e. The minimum atomic E-state index is -0.186. The number of halogens is 1. The van der Waals surface area contributed by atoms with Gasteiger partial charge in [-0.05, 0) is 55.3 Å². The van der Waals surface area contributed by atoms with Gasteiger partial charge in [-0.15, -0.1) is 0 Å². The number of amides is 2. The van der Waals surface area contributed by atoms with Crippen LogP contribution in [0.2, 0.25) is 5.02 Å². The second kappa shape index (κ2) is 10.0. The van der Waals surface area contributed by atoms with E-state index >= 15 is 0 Å². The van der Waals surface area contributed by atoms with E-state index in [1.165, 1.54) is 0 Å². The highest BCUT2D eigenvalue weighted by atomic mass is 35.5. The number of morpholine rings is 1. The monoisotopic (exact) mass is 442 g/mol. The van der Waals surface area contributed by atoms with Crippen molar-refractivity contribution in [3.8, 4) is 0 Å². The van der Waals surface area contributed by atoms with E-state index in [0.717, 1.165) is 63.6 Å². The van der Waals surface area contributed by atoms with Crippen molar-refractivity contribution in [1.82, 2.24) is 4.90 Å². The summed E-state index contributed by atoms with van der Waals surface area (Å²) in [4.78, 5) is 29.4. The van der Waals surface area contributed by atoms with Crippen molar-refractivity contribution < 1.29 is 14.3 Å². The summed E-state index contributed by atoms with van der Waals surface area (Å²) in [6.07, 6.45) is 2.03. The summed E-state index contributed by atoms with van der Waals surface area (Å²) >= 11 is 6.12. The third kappa shape index (κ3) is 5.48. The highest BCUT2D eigenvalue weighted by Crippen LogP contribution is 2.24. The van der Waals surface area contributed by atoms with E-state index in [0.29, 0.717) is 16.3 Å². The SMILES string of the molecule is O=C(CNc1ccc(Cl)cc1C(=O)N1CCCC1)Nc1ccc(N2CCOCC2)cc1. The Morgan fingerprint density at radius 2 is 1.68 bits per heavy atom. The molecule has 164 valence electrons. The molecule has 0 spiro atoms. The summed E-state index contributed by atoms with van der Waals surface area (Å²) in [5.74, 6) is -0.241. The summed E-state index contributed by atoms with van der Waals surface area (Å²) < 4.78 is 5.38. The third-order valence-corrected chi connectivity index (χ3v) is 5.81. The number of anilines is 3. The standard InChI is InChI=1S/C23H27ClN4O3/c24-17-3-8-21(20(15-17)23(30)28-9-1-2-10-28)25-16-22(29)26-18-4-6-19(7-5-18)27-11-13-31-14-12-27/h3-8,15,25H,1-2,9-14,16H2,(H,26,29). The van der Waals surface area contributed by atoms with Crippen molar-refractivity contribution in [3.63, 3.8) is 0 Å². The Kier molecular flexibility index (Phi) is 6.94. The minimum absolute atomic E-state index is 0.0487. The van der Waals surface area contributed by atoms with Gasteiger partial charge >= 0.3 is 0 Å². The summed E-state index contributed by atoms with van der Waals surface area (Å²) in [6.45, 7) is 4.77. The first kappa shape index (κ1) is 21.5. The van der Waals surface area contributed by atoms with E-state index in [1.807, 2.05) is 29.2 Å². The van der Waals surface area contributed by atoms with Crippen LogP contribution in [-0.2, 0) is 9.53 Å². The number of benzene rings is 2. The molecular formula is C23H27ClN4O3. The van der Waals surface area contributed by atoms with Crippen molar-refractivity contribution >= 4 is 40.5 Å². The highest BCUT2D eigenvalue weighted by molar-refractivity contribution is 6.31. The molecule has 2 N–H and O–H groups in total. The number of rotatable bonds is 6. The first-order chi connectivity index (χ1) is 15.1. The van der Waals surface area contributed by atoms with Gasteiger partial charge in [0.1, 0.15) is 0 Å². The maximum atomic E-state index is 12.8. The van der Waals surface area contributed by atoms with Crippen LogP contribution in [0, 0.1) is 0 Å². The molecule has 0 radical (unpaired) electrons. The van der Waals surface area contributed by atoms with E-state index in [1.54, 1.807) is 18.2 Å². The van der Waals surface area contributed by atoms with E-state index in [4.69, 9.17) is 16.3 Å². The molecule has 0 atom stereocenters. The van der Waals surface area contributed by atoms with Crippen LogP contribution >= 0.6 is 11.6 Å². The van der Waals surface area contributed by atoms with Crippen LogP contribution in [-0.4, -0.2) is 62.7 Å². The molecule has 31 heavy (non-hydrogen) atoms. The number of likely N-dealkylation sites (tertiary alicyclic amines) is 1. The van der Waals surface area contributed by atoms with Gasteiger partial charge in [-0.25, -0.2) is 0 Å². The molecule has 0 aromatic heterocycles. The molecule has 2 aromatic rings. The average Bonchev–Trinajstić information content (AvgIpc) is 3.34. The summed E-state index contributed by atoms with van der Waals surface area (Å²) in [7, 11) is 0. The number of carbonyl (C=O) groups excluding carboxylic acids is 2. The quantitative estimate of drug-likeness (QED) is 0.716. The van der Waals surface area contributed by atoms with Crippen LogP contribution in [0.5, 0.6) is 0 Å². The zero-order chi connectivity index (χ0) is 21.6. The van der Waals surface area contributed by atoms with Gasteiger partial charge in [-0.2, -0.15) is 0 Å². The first-order valence-electron chi connectivity index (χ1n) is 10.7. The Bertz CT molecular complexity index is 923. The molecule has 2 aliphatic rings. The number of carbonyl (C=O) groups is 2. The average molecular weight is 443 g/mol. The van der Waals surface area contributed by atoms with Gasteiger partial charge in [0, 0.05) is 48.3 Å². The number of hydrogen-bond acceptors (Lipinski definition) is 5. The molecule has 0 aliphatic carbocycles. The van der Waals surface area contributed by atoms with E-state index in [-0.39, 0.29) is 18.4 Å². The predicted octanol–water partition coefficient (Wildman–Crippen LogP) is 3.46. The molecular weight excluding hydrogens is 416 g/mol. The van der Waals surface area contributed by atoms with Crippen molar-refractivity contribution in [2.24, 2.45) is 0 Å². The van der Waals surface area contributed by atoms with E-state index < -0.39 is 0 Å². The largest absolute Gasteiger partial charge is 0.378 e. The number of nitrogens with one attached hydrogen (secondary N) is 2. The molecule has 0 unspecified atom stereocenters. The normalized spacial score (nSPS) is 16.3. The summed E-state index contributed by atoms with van der Waals surface area (Å²) in [5, 5.41) is 6.48. The molecule has 2 saturated heterocycles. The fourth-order valence-electron chi connectivity index (χ4n) is 3.90. The smallest absolute Gasteiger partial charge is 0.256 e. The fraction of sp³-hybridized carbons (Fsp3) is 0.391. The molecule has 0 saturated carbocycles. The Balaban J connectivity index is 1.35. The van der Waals surface area contributed by atoms with Crippen molar-refractivity contribution in [3.05, 3.63) is 53.1 Å². The van der Waals surface area contributed by atoms with Crippen LogP contribution in [0.1, 0.15) is 23.2 Å². The molecule has 2 aliphatic heterocycles. The van der Waals surface area contributed by atoms with Gasteiger partial charge in [0.15, 0.2) is 0 Å². The topological polar surface area (TPSA) is 73.9 Å². The highest BCUT2D eigenvalue weighted by Gasteiger charge is 2.22.